The maximum absolute atomic E-state index is 11.9. The van der Waals surface area contributed by atoms with Gasteiger partial charge in [-0.3, -0.25) is 9.59 Å². The van der Waals surface area contributed by atoms with Crippen LogP contribution in [0.5, 0.6) is 0 Å². The highest BCUT2D eigenvalue weighted by Gasteiger charge is 2.08. The number of furan rings is 1. The molecule has 3 N–H and O–H groups in total. The van der Waals surface area contributed by atoms with Crippen LogP contribution in [0.2, 0.25) is 0 Å². The summed E-state index contributed by atoms with van der Waals surface area (Å²) in [6.07, 6.45) is 1.45. The van der Waals surface area contributed by atoms with Gasteiger partial charge in [0.25, 0.3) is 5.91 Å². The molecule has 0 atom stereocenters. The van der Waals surface area contributed by atoms with Gasteiger partial charge in [-0.05, 0) is 67.7 Å². The van der Waals surface area contributed by atoms with Crippen molar-refractivity contribution in [3.8, 4) is 0 Å². The van der Waals surface area contributed by atoms with Crippen LogP contribution in [0.4, 0.5) is 17.1 Å². The number of hydrogen-bond donors (Lipinski definition) is 3. The highest BCUT2D eigenvalue weighted by atomic mass is 32.1. The molecular weight excluding hydrogens is 362 g/mol. The second-order valence-corrected chi connectivity index (χ2v) is 6.13. The molecule has 1 aromatic heterocycles. The van der Waals surface area contributed by atoms with Crippen molar-refractivity contribution in [1.82, 2.24) is 0 Å². The van der Waals surface area contributed by atoms with E-state index in [1.807, 2.05) is 6.07 Å². The number of thiocarbonyl (C=S) groups is 1. The van der Waals surface area contributed by atoms with Crippen molar-refractivity contribution in [3.63, 3.8) is 0 Å². The molecule has 3 aromatic rings. The van der Waals surface area contributed by atoms with E-state index in [1.165, 1.54) is 13.2 Å². The Balaban J connectivity index is 1.57. The third-order valence-corrected chi connectivity index (χ3v) is 3.88. The fourth-order valence-corrected chi connectivity index (χ4v) is 2.58. The molecule has 0 radical (unpaired) electrons. The van der Waals surface area contributed by atoms with Gasteiger partial charge in [0.2, 0.25) is 0 Å². The number of ketones is 1. The molecule has 27 heavy (non-hydrogen) atoms. The molecule has 0 saturated carbocycles. The zero-order valence-electron chi connectivity index (χ0n) is 14.5. The number of benzene rings is 2. The van der Waals surface area contributed by atoms with Gasteiger partial charge >= 0.3 is 0 Å². The second-order valence-electron chi connectivity index (χ2n) is 5.72. The Hall–Kier alpha value is -3.45. The van der Waals surface area contributed by atoms with Crippen LogP contribution >= 0.6 is 12.2 Å². The molecule has 1 amide bonds. The number of Topliss-reactive ketones (excluding diaryl/α,β-unsaturated/α-hetero) is 1. The Morgan fingerprint density at radius 2 is 1.52 bits per heavy atom. The van der Waals surface area contributed by atoms with Crippen molar-refractivity contribution in [2.45, 2.75) is 6.92 Å². The van der Waals surface area contributed by atoms with E-state index in [0.29, 0.717) is 16.4 Å². The maximum Gasteiger partial charge on any atom is 0.291 e. The van der Waals surface area contributed by atoms with Crippen LogP contribution in [-0.2, 0) is 0 Å². The molecule has 0 aliphatic rings. The van der Waals surface area contributed by atoms with E-state index in [4.69, 9.17) is 16.6 Å². The van der Waals surface area contributed by atoms with Gasteiger partial charge < -0.3 is 20.4 Å². The molecule has 7 heteroatoms. The van der Waals surface area contributed by atoms with Crippen LogP contribution in [0, 0.1) is 0 Å². The van der Waals surface area contributed by atoms with Gasteiger partial charge in [0.1, 0.15) is 0 Å². The van der Waals surface area contributed by atoms with Crippen molar-refractivity contribution in [2.24, 2.45) is 0 Å². The van der Waals surface area contributed by atoms with Crippen molar-refractivity contribution in [1.29, 1.82) is 0 Å². The number of carbonyl (C=O) groups excluding carboxylic acids is 2. The quantitative estimate of drug-likeness (QED) is 0.446. The fourth-order valence-electron chi connectivity index (χ4n) is 2.35. The molecule has 0 saturated heterocycles. The van der Waals surface area contributed by atoms with Crippen molar-refractivity contribution < 1.29 is 14.0 Å². The molecule has 0 aliphatic heterocycles. The summed E-state index contributed by atoms with van der Waals surface area (Å²) in [6.45, 7) is 1.52. The summed E-state index contributed by atoms with van der Waals surface area (Å²) in [6, 6.07) is 17.4. The topological polar surface area (TPSA) is 83.4 Å². The maximum atomic E-state index is 11.9. The monoisotopic (exact) mass is 379 g/mol. The molecule has 136 valence electrons. The van der Waals surface area contributed by atoms with E-state index in [0.717, 1.165) is 11.4 Å². The minimum Gasteiger partial charge on any atom is -0.459 e. The lowest BCUT2D eigenvalue weighted by Gasteiger charge is -2.12. The predicted molar refractivity (Wildman–Crippen MR) is 109 cm³/mol. The van der Waals surface area contributed by atoms with Gasteiger partial charge in [0.05, 0.1) is 6.26 Å². The van der Waals surface area contributed by atoms with Crippen molar-refractivity contribution >= 4 is 46.1 Å². The third-order valence-electron chi connectivity index (χ3n) is 3.67. The van der Waals surface area contributed by atoms with Crippen LogP contribution in [-0.4, -0.2) is 16.8 Å². The average molecular weight is 379 g/mol. The molecule has 3 rings (SSSR count). The predicted octanol–water partition coefficient (Wildman–Crippen LogP) is 4.54. The van der Waals surface area contributed by atoms with Gasteiger partial charge in [-0.25, -0.2) is 0 Å². The Kier molecular flexibility index (Phi) is 5.63. The van der Waals surface area contributed by atoms with E-state index < -0.39 is 0 Å². The van der Waals surface area contributed by atoms with Crippen LogP contribution in [0.3, 0.4) is 0 Å². The zero-order valence-corrected chi connectivity index (χ0v) is 15.3. The second kappa shape index (κ2) is 8.29. The van der Waals surface area contributed by atoms with E-state index in [2.05, 4.69) is 16.0 Å². The van der Waals surface area contributed by atoms with Crippen LogP contribution in [0.15, 0.2) is 71.3 Å². The van der Waals surface area contributed by atoms with E-state index in [9.17, 15) is 9.59 Å². The lowest BCUT2D eigenvalue weighted by atomic mass is 10.1. The summed E-state index contributed by atoms with van der Waals surface area (Å²) in [7, 11) is 0. The van der Waals surface area contributed by atoms with E-state index >= 15 is 0 Å². The van der Waals surface area contributed by atoms with Crippen molar-refractivity contribution in [2.75, 3.05) is 16.0 Å². The Labute approximate surface area is 161 Å². The molecule has 0 aliphatic carbocycles. The van der Waals surface area contributed by atoms with Crippen LogP contribution in [0.25, 0.3) is 0 Å². The number of nitrogens with one attached hydrogen (secondary N) is 3. The number of carbonyl (C=O) groups is 2. The Morgan fingerprint density at radius 1 is 0.852 bits per heavy atom. The zero-order chi connectivity index (χ0) is 19.2. The minimum atomic E-state index is -0.316. The van der Waals surface area contributed by atoms with Gasteiger partial charge in [-0.15, -0.1) is 0 Å². The smallest absolute Gasteiger partial charge is 0.291 e. The molecule has 6 nitrogen and oxygen atoms in total. The SMILES string of the molecule is CC(=O)c1cccc(NC(=S)Nc2ccc(NC(=O)c3ccco3)cc2)c1. The highest BCUT2D eigenvalue weighted by molar-refractivity contribution is 7.80. The van der Waals surface area contributed by atoms with E-state index in [1.54, 1.807) is 54.6 Å². The normalized spacial score (nSPS) is 10.1. The first-order valence-corrected chi connectivity index (χ1v) is 8.56. The number of hydrogen-bond acceptors (Lipinski definition) is 4. The number of anilines is 3. The Bertz CT molecular complexity index is 966. The third kappa shape index (κ3) is 5.02. The van der Waals surface area contributed by atoms with E-state index in [-0.39, 0.29) is 17.5 Å². The summed E-state index contributed by atoms with van der Waals surface area (Å²) in [5.74, 6) is -0.0802. The first kappa shape index (κ1) is 18.3. The molecule has 2 aromatic carbocycles. The average Bonchev–Trinajstić information content (AvgIpc) is 3.18. The first-order valence-electron chi connectivity index (χ1n) is 8.15. The highest BCUT2D eigenvalue weighted by Crippen LogP contribution is 2.16. The van der Waals surface area contributed by atoms with Crippen LogP contribution < -0.4 is 16.0 Å². The number of amides is 1. The van der Waals surface area contributed by atoms with Gasteiger partial charge in [-0.2, -0.15) is 0 Å². The summed E-state index contributed by atoms with van der Waals surface area (Å²) in [5.41, 5.74) is 2.73. The number of rotatable bonds is 5. The molecule has 0 spiro atoms. The molecule has 1 heterocycles. The molecular formula is C20H17N3O3S. The molecule has 0 fully saturated rings. The largest absolute Gasteiger partial charge is 0.459 e. The molecule has 0 bridgehead atoms. The first-order chi connectivity index (χ1) is 13.0. The van der Waals surface area contributed by atoms with Gasteiger partial charge in [0, 0.05) is 22.6 Å². The lowest BCUT2D eigenvalue weighted by Crippen LogP contribution is -2.19. The summed E-state index contributed by atoms with van der Waals surface area (Å²) in [5, 5.41) is 9.22. The Morgan fingerprint density at radius 3 is 2.15 bits per heavy atom. The van der Waals surface area contributed by atoms with Crippen molar-refractivity contribution in [3.05, 3.63) is 78.3 Å². The lowest BCUT2D eigenvalue weighted by molar-refractivity contribution is 0.0993. The fraction of sp³-hybridized carbons (Fsp3) is 0.0500. The standard InChI is InChI=1S/C20H17N3O3S/c1-13(24)14-4-2-5-17(12-14)23-20(27)22-16-9-7-15(8-10-16)21-19(25)18-6-3-11-26-18/h2-12H,1H3,(H,21,25)(H2,22,23,27). The summed E-state index contributed by atoms with van der Waals surface area (Å²) < 4.78 is 5.05. The van der Waals surface area contributed by atoms with Gasteiger partial charge in [0.15, 0.2) is 16.7 Å². The summed E-state index contributed by atoms with van der Waals surface area (Å²) in [4.78, 5) is 23.4. The van der Waals surface area contributed by atoms with Gasteiger partial charge in [-0.1, -0.05) is 12.1 Å². The minimum absolute atomic E-state index is 0.00953. The summed E-state index contributed by atoms with van der Waals surface area (Å²) >= 11 is 5.29. The van der Waals surface area contributed by atoms with Crippen LogP contribution in [0.1, 0.15) is 27.8 Å². The molecule has 0 unspecified atom stereocenters.